The highest BCUT2D eigenvalue weighted by Crippen LogP contribution is 2.60. The molecule has 0 radical (unpaired) electrons. The number of aromatic amines is 1. The number of amides is 1. The molecule has 1 amide bonds. The van der Waals surface area contributed by atoms with Gasteiger partial charge in [0.25, 0.3) is 11.5 Å². The van der Waals surface area contributed by atoms with E-state index in [0.717, 1.165) is 28.1 Å². The zero-order chi connectivity index (χ0) is 38.5. The maximum atomic E-state index is 15.0. The number of aromatic nitrogens is 5. The molecule has 55 heavy (non-hydrogen) atoms. The summed E-state index contributed by atoms with van der Waals surface area (Å²) in [7, 11) is -0.748. The van der Waals surface area contributed by atoms with Gasteiger partial charge in [0, 0.05) is 30.8 Å². The van der Waals surface area contributed by atoms with Gasteiger partial charge in [-0.1, -0.05) is 91.1 Å². The normalized spacial score (nSPS) is 21.4. The third kappa shape index (κ3) is 5.96. The van der Waals surface area contributed by atoms with Gasteiger partial charge >= 0.3 is 0 Å². The van der Waals surface area contributed by atoms with Crippen LogP contribution in [0.25, 0.3) is 16.6 Å². The minimum atomic E-state index is -2.41. The summed E-state index contributed by atoms with van der Waals surface area (Å²) in [4.78, 5) is 30.4. The van der Waals surface area contributed by atoms with Gasteiger partial charge in [0.05, 0.1) is 61.8 Å². The van der Waals surface area contributed by atoms with Gasteiger partial charge in [-0.3, -0.25) is 19.4 Å². The van der Waals surface area contributed by atoms with Crippen LogP contribution >= 0.6 is 0 Å². The fourth-order valence-electron chi connectivity index (χ4n) is 9.16. The van der Waals surface area contributed by atoms with E-state index >= 15 is 4.79 Å². The molecule has 0 bridgehead atoms. The highest BCUT2D eigenvalue weighted by Gasteiger charge is 2.66. The van der Waals surface area contributed by atoms with E-state index in [1.165, 1.54) is 5.19 Å². The number of para-hydroxylation sites is 1. The van der Waals surface area contributed by atoms with E-state index in [1.54, 1.807) is 22.8 Å². The van der Waals surface area contributed by atoms with Crippen molar-refractivity contribution in [3.05, 3.63) is 143 Å². The molecule has 2 N–H and O–H groups in total. The quantitative estimate of drug-likeness (QED) is 0.118. The van der Waals surface area contributed by atoms with Crippen molar-refractivity contribution in [1.29, 1.82) is 0 Å². The number of aryl methyl sites for hydroxylation is 1. The van der Waals surface area contributed by atoms with Crippen LogP contribution in [-0.2, 0) is 21.7 Å². The van der Waals surface area contributed by atoms with Gasteiger partial charge in [-0.15, -0.1) is 11.7 Å². The van der Waals surface area contributed by atoms with Gasteiger partial charge < -0.3 is 19.5 Å². The Labute approximate surface area is 320 Å². The predicted octanol–water partition coefficient (Wildman–Crippen LogP) is 5.88. The molecular formula is C43H46N6O5Si. The number of nitrogens with one attached hydrogen (secondary N) is 1. The van der Waals surface area contributed by atoms with Crippen molar-refractivity contribution in [3.63, 3.8) is 0 Å². The van der Waals surface area contributed by atoms with E-state index in [-0.39, 0.29) is 41.6 Å². The third-order valence-electron chi connectivity index (χ3n) is 11.9. The summed E-state index contributed by atoms with van der Waals surface area (Å²) in [5, 5.41) is 24.3. The van der Waals surface area contributed by atoms with Crippen LogP contribution in [0, 0.1) is 5.92 Å². The number of aliphatic hydroxyl groups excluding tert-OH is 1. The fraction of sp³-hybridized carbons (Fsp3) is 0.302. The van der Waals surface area contributed by atoms with Crippen molar-refractivity contribution in [2.75, 3.05) is 25.2 Å². The second-order valence-corrected chi connectivity index (χ2v) is 19.9. The minimum Gasteiger partial charge on any atom is -0.497 e. The van der Waals surface area contributed by atoms with Crippen LogP contribution in [0.1, 0.15) is 36.1 Å². The van der Waals surface area contributed by atoms with E-state index in [4.69, 9.17) is 9.47 Å². The summed E-state index contributed by atoms with van der Waals surface area (Å²) >= 11 is 0. The van der Waals surface area contributed by atoms with Gasteiger partial charge in [0.2, 0.25) is 0 Å². The zero-order valence-electron chi connectivity index (χ0n) is 31.6. The van der Waals surface area contributed by atoms with Crippen molar-refractivity contribution in [3.8, 4) is 11.4 Å². The number of H-pyrrole nitrogens is 1. The number of carbonyl (C=O) groups is 1. The molecule has 2 aliphatic rings. The topological polar surface area (TPSA) is 128 Å². The average Bonchev–Trinajstić information content (AvgIpc) is 3.95. The molecule has 5 atom stereocenters. The maximum absolute atomic E-state index is 15.0. The molecule has 4 heterocycles. The Morgan fingerprint density at radius 1 is 1.04 bits per heavy atom. The fourth-order valence-corrected chi connectivity index (χ4v) is 13.2. The number of rotatable bonds is 12. The first-order valence-corrected chi connectivity index (χ1v) is 21.9. The van der Waals surface area contributed by atoms with Gasteiger partial charge in [0.1, 0.15) is 5.75 Å². The summed E-state index contributed by atoms with van der Waals surface area (Å²) in [5.74, 6) is 0.133. The number of hydrogen-bond donors (Lipinski definition) is 2. The monoisotopic (exact) mass is 754 g/mol. The van der Waals surface area contributed by atoms with E-state index in [0.29, 0.717) is 36.3 Å². The Balaban J connectivity index is 1.21. The van der Waals surface area contributed by atoms with E-state index in [2.05, 4.69) is 54.1 Å². The average molecular weight is 755 g/mol. The maximum Gasteiger partial charge on any atom is 0.279 e. The second kappa shape index (κ2) is 14.3. The number of fused-ring (bicyclic) bond motifs is 3. The van der Waals surface area contributed by atoms with Crippen molar-refractivity contribution in [2.45, 2.75) is 56.1 Å². The van der Waals surface area contributed by atoms with Crippen LogP contribution in [0.5, 0.6) is 5.75 Å². The van der Waals surface area contributed by atoms with Gasteiger partial charge in [0.15, 0.2) is 5.60 Å². The summed E-state index contributed by atoms with van der Waals surface area (Å²) < 4.78 is 16.2. The highest BCUT2D eigenvalue weighted by atomic mass is 28.3. The van der Waals surface area contributed by atoms with Crippen LogP contribution in [0.3, 0.4) is 0 Å². The van der Waals surface area contributed by atoms with Crippen molar-refractivity contribution in [1.82, 2.24) is 24.8 Å². The number of hydrogen-bond acceptors (Lipinski definition) is 7. The Morgan fingerprint density at radius 2 is 1.78 bits per heavy atom. The number of aliphatic hydroxyl groups is 1. The van der Waals surface area contributed by atoms with Crippen molar-refractivity contribution in [2.24, 2.45) is 5.92 Å². The molecule has 1 fully saturated rings. The van der Waals surface area contributed by atoms with Crippen LogP contribution in [-0.4, -0.2) is 70.2 Å². The molecule has 6 aromatic rings. The van der Waals surface area contributed by atoms with Crippen LogP contribution in [0.15, 0.2) is 121 Å². The Hall–Kier alpha value is -5.56. The molecule has 1 unspecified atom stereocenters. The zero-order valence-corrected chi connectivity index (χ0v) is 32.6. The van der Waals surface area contributed by atoms with Crippen LogP contribution in [0.2, 0.25) is 18.6 Å². The predicted molar refractivity (Wildman–Crippen MR) is 216 cm³/mol. The number of carbonyl (C=O) groups excluding carboxylic acids is 1. The van der Waals surface area contributed by atoms with Crippen LogP contribution in [0.4, 0.5) is 5.69 Å². The first-order chi connectivity index (χ1) is 26.6. The number of methoxy groups -OCH3 is 1. The molecule has 0 saturated carbocycles. The summed E-state index contributed by atoms with van der Waals surface area (Å²) in [6.45, 7) is 11.6. The summed E-state index contributed by atoms with van der Waals surface area (Å²) in [6.07, 6.45) is 3.88. The van der Waals surface area contributed by atoms with Crippen molar-refractivity contribution < 1.29 is 19.4 Å². The molecule has 282 valence electrons. The van der Waals surface area contributed by atoms with E-state index in [9.17, 15) is 9.90 Å². The van der Waals surface area contributed by atoms with Crippen LogP contribution < -0.4 is 20.4 Å². The standard InChI is InChI=1S/C43H46N6O5Si/c1-6-23-48-38-21-16-30(49-41(51)33-14-10-11-15-36(33)45-49)25-35(38)43(42(48)52)28(2)40(55(4,5)32-19-17-31(53-3)18-20-32)39(54-43)22-24-47-26-37(44-46-47)34(27-50)29-12-8-7-9-13-29/h6-21,25-26,28,34,39-40,45,50H,1,22-24,27H2,2-5H3/t28-,34?,39+,40-,43+/m1/s1. The van der Waals surface area contributed by atoms with Crippen molar-refractivity contribution >= 4 is 35.8 Å². The molecular weight excluding hydrogens is 709 g/mol. The third-order valence-corrected chi connectivity index (χ3v) is 16.3. The molecule has 11 nitrogen and oxygen atoms in total. The van der Waals surface area contributed by atoms with E-state index in [1.807, 2.05) is 95.8 Å². The van der Waals surface area contributed by atoms with E-state index < -0.39 is 13.7 Å². The van der Waals surface area contributed by atoms with Gasteiger partial charge in [-0.05, 0) is 60.0 Å². The van der Waals surface area contributed by atoms with Gasteiger partial charge in [-0.25, -0.2) is 4.68 Å². The Kier molecular flexibility index (Phi) is 9.44. The SMILES string of the molecule is C=CCN1C(=O)[C@@]2(O[C@@H](CCn3cc(C(CO)c4ccccc4)nn3)[C@H]([Si](C)(C)c3ccc(OC)cc3)[C@H]2C)c2cc(-n3[nH]c4ccccc4c3=O)ccc21. The molecule has 2 aliphatic heterocycles. The smallest absolute Gasteiger partial charge is 0.279 e. The lowest BCUT2D eigenvalue weighted by molar-refractivity contribution is -0.145. The molecule has 2 aromatic heterocycles. The Bertz CT molecular complexity index is 2420. The highest BCUT2D eigenvalue weighted by molar-refractivity contribution is 6.91. The number of nitrogens with zero attached hydrogens (tertiary/aromatic N) is 5. The summed E-state index contributed by atoms with van der Waals surface area (Å²) in [6, 6.07) is 31.3. The molecule has 0 aliphatic carbocycles. The minimum absolute atomic E-state index is 0.00155. The lowest BCUT2D eigenvalue weighted by Gasteiger charge is -2.37. The first kappa shape index (κ1) is 36.4. The summed E-state index contributed by atoms with van der Waals surface area (Å²) in [5.41, 5.74) is 3.05. The molecule has 4 aromatic carbocycles. The lowest BCUT2D eigenvalue weighted by atomic mass is 9.82. The number of ether oxygens (including phenoxy) is 2. The second-order valence-electron chi connectivity index (χ2n) is 15.2. The molecule has 8 rings (SSSR count). The van der Waals surface area contributed by atoms with Gasteiger partial charge in [-0.2, -0.15) is 0 Å². The molecule has 12 heteroatoms. The number of benzene rings is 4. The number of anilines is 1. The lowest BCUT2D eigenvalue weighted by Crippen LogP contribution is -2.52. The molecule has 1 saturated heterocycles. The molecule has 1 spiro atoms. The Morgan fingerprint density at radius 3 is 2.49 bits per heavy atom. The largest absolute Gasteiger partial charge is 0.497 e. The first-order valence-electron chi connectivity index (χ1n) is 18.8.